The summed E-state index contributed by atoms with van der Waals surface area (Å²) in [5, 5.41) is 2.87. The molecule has 0 saturated carbocycles. The predicted octanol–water partition coefficient (Wildman–Crippen LogP) is 1.05. The largest absolute Gasteiger partial charge is 0.338 e. The maximum atomic E-state index is 12.1. The summed E-state index contributed by atoms with van der Waals surface area (Å²) < 4.78 is 0. The molecule has 2 rings (SSSR count). The van der Waals surface area contributed by atoms with Crippen LogP contribution >= 0.6 is 12.4 Å². The number of hydrogen-bond donors (Lipinski definition) is 2. The van der Waals surface area contributed by atoms with Gasteiger partial charge in [0.2, 0.25) is 5.91 Å². The lowest BCUT2D eigenvalue weighted by Gasteiger charge is -2.34. The standard InChI is InChI=1S/C14H20N4O2.ClH/c1-11-3-2-4-12(9-11)16-14(20)18-7-5-17(6-8-18)13(19)10-15;/h2-4,9H,5-8,10,15H2,1H3,(H,16,20);1H. The van der Waals surface area contributed by atoms with E-state index in [0.29, 0.717) is 26.2 Å². The van der Waals surface area contributed by atoms with Gasteiger partial charge in [0, 0.05) is 31.9 Å². The van der Waals surface area contributed by atoms with Gasteiger partial charge in [-0.3, -0.25) is 4.79 Å². The number of piperazine rings is 1. The quantitative estimate of drug-likeness (QED) is 0.857. The molecule has 0 radical (unpaired) electrons. The third-order valence-electron chi connectivity index (χ3n) is 3.36. The molecule has 0 atom stereocenters. The van der Waals surface area contributed by atoms with Crippen LogP contribution in [0.3, 0.4) is 0 Å². The Morgan fingerprint density at radius 2 is 1.81 bits per heavy atom. The fourth-order valence-corrected chi connectivity index (χ4v) is 2.21. The summed E-state index contributed by atoms with van der Waals surface area (Å²) in [6.07, 6.45) is 0. The van der Waals surface area contributed by atoms with Crippen LogP contribution in [0.15, 0.2) is 24.3 Å². The summed E-state index contributed by atoms with van der Waals surface area (Å²) in [6, 6.07) is 7.54. The summed E-state index contributed by atoms with van der Waals surface area (Å²) in [7, 11) is 0. The highest BCUT2D eigenvalue weighted by atomic mass is 35.5. The molecule has 3 amide bonds. The second kappa shape index (κ2) is 7.85. The zero-order valence-corrected chi connectivity index (χ0v) is 12.9. The minimum Gasteiger partial charge on any atom is -0.338 e. The molecule has 21 heavy (non-hydrogen) atoms. The zero-order valence-electron chi connectivity index (χ0n) is 12.0. The van der Waals surface area contributed by atoms with Gasteiger partial charge in [-0.2, -0.15) is 0 Å². The Labute approximate surface area is 130 Å². The smallest absolute Gasteiger partial charge is 0.321 e. The molecule has 1 fully saturated rings. The Bertz CT molecular complexity index is 502. The Morgan fingerprint density at radius 3 is 2.38 bits per heavy atom. The highest BCUT2D eigenvalue weighted by molar-refractivity contribution is 5.89. The Hall–Kier alpha value is -1.79. The molecule has 6 nitrogen and oxygen atoms in total. The molecule has 0 unspecified atom stereocenters. The minimum absolute atomic E-state index is 0. The third-order valence-corrected chi connectivity index (χ3v) is 3.36. The van der Waals surface area contributed by atoms with Crippen molar-refractivity contribution in [1.29, 1.82) is 0 Å². The molecule has 0 bridgehead atoms. The number of carbonyl (C=O) groups is 2. The first-order valence-electron chi connectivity index (χ1n) is 6.70. The van der Waals surface area contributed by atoms with E-state index in [2.05, 4.69) is 5.32 Å². The molecule has 0 aliphatic carbocycles. The van der Waals surface area contributed by atoms with Crippen LogP contribution in [0.4, 0.5) is 10.5 Å². The van der Waals surface area contributed by atoms with E-state index in [0.717, 1.165) is 11.3 Å². The van der Waals surface area contributed by atoms with Crippen molar-refractivity contribution in [2.24, 2.45) is 5.73 Å². The number of nitrogens with one attached hydrogen (secondary N) is 1. The summed E-state index contributed by atoms with van der Waals surface area (Å²) in [6.45, 7) is 4.14. The minimum atomic E-state index is -0.129. The molecule has 1 aliphatic heterocycles. The van der Waals surface area contributed by atoms with Crippen molar-refractivity contribution in [1.82, 2.24) is 9.80 Å². The van der Waals surface area contributed by atoms with E-state index in [1.54, 1.807) is 9.80 Å². The van der Waals surface area contributed by atoms with Crippen molar-refractivity contribution in [2.45, 2.75) is 6.92 Å². The van der Waals surface area contributed by atoms with E-state index < -0.39 is 0 Å². The zero-order chi connectivity index (χ0) is 14.5. The average molecular weight is 313 g/mol. The number of carbonyl (C=O) groups excluding carboxylic acids is 2. The number of nitrogens with zero attached hydrogens (tertiary/aromatic N) is 2. The molecule has 7 heteroatoms. The predicted molar refractivity (Wildman–Crippen MR) is 84.7 cm³/mol. The van der Waals surface area contributed by atoms with Crippen molar-refractivity contribution in [3.63, 3.8) is 0 Å². The highest BCUT2D eigenvalue weighted by Gasteiger charge is 2.23. The Kier molecular flexibility index (Phi) is 6.45. The number of rotatable bonds is 2. The molecule has 116 valence electrons. The van der Waals surface area contributed by atoms with Crippen LogP contribution in [0, 0.1) is 6.92 Å². The highest BCUT2D eigenvalue weighted by Crippen LogP contribution is 2.11. The van der Waals surface area contributed by atoms with Gasteiger partial charge in [0.05, 0.1) is 6.54 Å². The second-order valence-corrected chi connectivity index (χ2v) is 4.87. The number of amides is 3. The fraction of sp³-hybridized carbons (Fsp3) is 0.429. The van der Waals surface area contributed by atoms with Gasteiger partial charge in [0.15, 0.2) is 0 Å². The normalized spacial score (nSPS) is 14.4. The molecular formula is C14H21ClN4O2. The van der Waals surface area contributed by atoms with E-state index in [1.807, 2.05) is 31.2 Å². The van der Waals surface area contributed by atoms with E-state index >= 15 is 0 Å². The summed E-state index contributed by atoms with van der Waals surface area (Å²) in [4.78, 5) is 27.0. The van der Waals surface area contributed by atoms with Crippen molar-refractivity contribution >= 4 is 30.0 Å². The van der Waals surface area contributed by atoms with Gasteiger partial charge < -0.3 is 20.9 Å². The average Bonchev–Trinajstić information content (AvgIpc) is 2.46. The molecule has 3 N–H and O–H groups in total. The molecule has 1 aromatic carbocycles. The first-order valence-corrected chi connectivity index (χ1v) is 6.70. The van der Waals surface area contributed by atoms with Crippen molar-refractivity contribution < 1.29 is 9.59 Å². The summed E-state index contributed by atoms with van der Waals surface area (Å²) >= 11 is 0. The molecule has 1 heterocycles. The van der Waals surface area contributed by atoms with Crippen molar-refractivity contribution in [3.05, 3.63) is 29.8 Å². The van der Waals surface area contributed by atoms with E-state index in [-0.39, 0.29) is 30.9 Å². The van der Waals surface area contributed by atoms with Crippen LogP contribution in [-0.2, 0) is 4.79 Å². The molecular weight excluding hydrogens is 292 g/mol. The van der Waals surface area contributed by atoms with Crippen LogP contribution in [0.1, 0.15) is 5.56 Å². The fourth-order valence-electron chi connectivity index (χ4n) is 2.21. The topological polar surface area (TPSA) is 78.7 Å². The lowest BCUT2D eigenvalue weighted by Crippen LogP contribution is -2.52. The van der Waals surface area contributed by atoms with Crippen LogP contribution in [0.5, 0.6) is 0 Å². The van der Waals surface area contributed by atoms with Gasteiger partial charge >= 0.3 is 6.03 Å². The number of benzene rings is 1. The monoisotopic (exact) mass is 312 g/mol. The number of anilines is 1. The molecule has 0 spiro atoms. The van der Waals surface area contributed by atoms with Gasteiger partial charge in [-0.25, -0.2) is 4.79 Å². The third kappa shape index (κ3) is 4.61. The molecule has 1 aromatic rings. The first kappa shape index (κ1) is 17.3. The van der Waals surface area contributed by atoms with Crippen LogP contribution in [-0.4, -0.2) is 54.5 Å². The van der Waals surface area contributed by atoms with Crippen LogP contribution in [0.25, 0.3) is 0 Å². The number of aryl methyl sites for hydroxylation is 1. The number of nitrogens with two attached hydrogens (primary N) is 1. The molecule has 1 aliphatic rings. The second-order valence-electron chi connectivity index (χ2n) is 4.87. The van der Waals surface area contributed by atoms with E-state index in [4.69, 9.17) is 5.73 Å². The van der Waals surface area contributed by atoms with E-state index in [1.165, 1.54) is 0 Å². The van der Waals surface area contributed by atoms with Gasteiger partial charge in [-0.05, 0) is 24.6 Å². The van der Waals surface area contributed by atoms with Crippen LogP contribution in [0.2, 0.25) is 0 Å². The molecule has 0 aromatic heterocycles. The SMILES string of the molecule is Cc1cccc(NC(=O)N2CCN(C(=O)CN)CC2)c1.Cl. The van der Waals surface area contributed by atoms with Crippen LogP contribution < -0.4 is 11.1 Å². The van der Waals surface area contributed by atoms with Crippen molar-refractivity contribution in [2.75, 3.05) is 38.0 Å². The first-order chi connectivity index (χ1) is 9.60. The van der Waals surface area contributed by atoms with Gasteiger partial charge in [-0.1, -0.05) is 12.1 Å². The lowest BCUT2D eigenvalue weighted by molar-refractivity contribution is -0.131. The number of halogens is 1. The van der Waals surface area contributed by atoms with Gasteiger partial charge in [0.1, 0.15) is 0 Å². The molecule has 1 saturated heterocycles. The van der Waals surface area contributed by atoms with Gasteiger partial charge in [0.25, 0.3) is 0 Å². The Morgan fingerprint density at radius 1 is 1.19 bits per heavy atom. The number of hydrogen-bond acceptors (Lipinski definition) is 3. The van der Waals surface area contributed by atoms with Crippen molar-refractivity contribution in [3.8, 4) is 0 Å². The number of urea groups is 1. The maximum Gasteiger partial charge on any atom is 0.321 e. The maximum absolute atomic E-state index is 12.1. The lowest BCUT2D eigenvalue weighted by atomic mass is 10.2. The summed E-state index contributed by atoms with van der Waals surface area (Å²) in [5.74, 6) is -0.0660. The summed E-state index contributed by atoms with van der Waals surface area (Å²) in [5.41, 5.74) is 7.22. The van der Waals surface area contributed by atoms with E-state index in [9.17, 15) is 9.59 Å². The van der Waals surface area contributed by atoms with Gasteiger partial charge in [-0.15, -0.1) is 12.4 Å². The Balaban J connectivity index is 0.00000220.